The van der Waals surface area contributed by atoms with E-state index in [2.05, 4.69) is 17.4 Å². The molecule has 1 amide bonds. The van der Waals surface area contributed by atoms with Crippen molar-refractivity contribution in [2.24, 2.45) is 0 Å². The van der Waals surface area contributed by atoms with Crippen LogP contribution in [-0.4, -0.2) is 39.8 Å². The monoisotopic (exact) mass is 368 g/mol. The molecule has 27 heavy (non-hydrogen) atoms. The zero-order valence-electron chi connectivity index (χ0n) is 15.9. The number of carbonyl (C=O) groups is 1. The predicted octanol–water partition coefficient (Wildman–Crippen LogP) is 3.40. The van der Waals surface area contributed by atoms with Crippen molar-refractivity contribution in [2.75, 3.05) is 44.1 Å². The fraction of sp³-hybridized carbons (Fsp3) is 0.381. The lowest BCUT2D eigenvalue weighted by Crippen LogP contribution is -2.25. The number of anilines is 2. The molecule has 0 saturated heterocycles. The quantitative estimate of drug-likeness (QED) is 0.896. The Kier molecular flexibility index (Phi) is 4.56. The molecule has 4 rings (SSSR count). The molecule has 6 nitrogen and oxygen atoms in total. The zero-order chi connectivity index (χ0) is 19.0. The average molecular weight is 368 g/mol. The highest BCUT2D eigenvalue weighted by Crippen LogP contribution is 2.46. The second-order valence-corrected chi connectivity index (χ2v) is 6.94. The minimum Gasteiger partial charge on any atom is -0.493 e. The van der Waals surface area contributed by atoms with Gasteiger partial charge in [0.05, 0.1) is 6.61 Å². The predicted molar refractivity (Wildman–Crippen MR) is 104 cm³/mol. The molecule has 0 aliphatic carbocycles. The van der Waals surface area contributed by atoms with E-state index in [0.717, 1.165) is 34.0 Å². The fourth-order valence-electron chi connectivity index (χ4n) is 3.64. The molecule has 0 saturated carbocycles. The Hall–Kier alpha value is -2.89. The van der Waals surface area contributed by atoms with E-state index in [1.807, 2.05) is 44.1 Å². The summed E-state index contributed by atoms with van der Waals surface area (Å²) >= 11 is 0. The largest absolute Gasteiger partial charge is 0.493 e. The fourth-order valence-corrected chi connectivity index (χ4v) is 3.64. The number of rotatable bonds is 4. The van der Waals surface area contributed by atoms with Crippen LogP contribution in [0.2, 0.25) is 0 Å². The summed E-state index contributed by atoms with van der Waals surface area (Å²) in [4.78, 5) is 14.4. The Morgan fingerprint density at radius 3 is 2.56 bits per heavy atom. The van der Waals surface area contributed by atoms with E-state index in [4.69, 9.17) is 14.2 Å². The van der Waals surface area contributed by atoms with Crippen LogP contribution in [0.4, 0.5) is 11.4 Å². The smallest absolute Gasteiger partial charge is 0.225 e. The summed E-state index contributed by atoms with van der Waals surface area (Å²) in [7, 11) is 4.00. The number of nitrogens with one attached hydrogen (secondary N) is 1. The van der Waals surface area contributed by atoms with Gasteiger partial charge in [-0.25, -0.2) is 0 Å². The molecule has 0 spiro atoms. The first-order valence-corrected chi connectivity index (χ1v) is 9.24. The van der Waals surface area contributed by atoms with Crippen molar-refractivity contribution in [1.82, 2.24) is 0 Å². The summed E-state index contributed by atoms with van der Waals surface area (Å²) in [6.07, 6.45) is 0.369. The van der Waals surface area contributed by atoms with Gasteiger partial charge in [0, 0.05) is 55.5 Å². The van der Waals surface area contributed by atoms with Gasteiger partial charge in [-0.15, -0.1) is 0 Å². The van der Waals surface area contributed by atoms with Gasteiger partial charge in [0.2, 0.25) is 5.91 Å². The van der Waals surface area contributed by atoms with Gasteiger partial charge >= 0.3 is 0 Å². The van der Waals surface area contributed by atoms with Crippen molar-refractivity contribution in [1.29, 1.82) is 0 Å². The first-order chi connectivity index (χ1) is 13.1. The van der Waals surface area contributed by atoms with Gasteiger partial charge < -0.3 is 24.4 Å². The summed E-state index contributed by atoms with van der Waals surface area (Å²) in [6, 6.07) is 10.0. The van der Waals surface area contributed by atoms with Crippen LogP contribution in [0.25, 0.3) is 0 Å². The molecule has 2 aliphatic heterocycles. The van der Waals surface area contributed by atoms with Gasteiger partial charge in [-0.2, -0.15) is 0 Å². The molecular formula is C21H24N2O4. The molecule has 2 aliphatic rings. The van der Waals surface area contributed by atoms with Crippen LogP contribution in [0.3, 0.4) is 0 Å². The Balaban J connectivity index is 1.82. The Morgan fingerprint density at radius 1 is 1.11 bits per heavy atom. The highest BCUT2D eigenvalue weighted by Gasteiger charge is 2.31. The van der Waals surface area contributed by atoms with Crippen LogP contribution in [0, 0.1) is 0 Å². The van der Waals surface area contributed by atoms with Gasteiger partial charge in [-0.1, -0.05) is 6.07 Å². The molecule has 1 atom stereocenters. The van der Waals surface area contributed by atoms with Crippen molar-refractivity contribution in [2.45, 2.75) is 19.3 Å². The Bertz CT molecular complexity index is 879. The third-order valence-corrected chi connectivity index (χ3v) is 4.94. The molecule has 0 bridgehead atoms. The van der Waals surface area contributed by atoms with E-state index in [-0.39, 0.29) is 11.8 Å². The van der Waals surface area contributed by atoms with Crippen molar-refractivity contribution >= 4 is 17.3 Å². The molecule has 0 radical (unpaired) electrons. The van der Waals surface area contributed by atoms with Crippen molar-refractivity contribution in [3.8, 4) is 17.2 Å². The summed E-state index contributed by atoms with van der Waals surface area (Å²) in [5, 5.41) is 2.97. The van der Waals surface area contributed by atoms with E-state index in [1.165, 1.54) is 0 Å². The zero-order valence-corrected chi connectivity index (χ0v) is 15.9. The summed E-state index contributed by atoms with van der Waals surface area (Å²) in [5.74, 6) is 2.10. The standard InChI is InChI=1S/C21H24N2O4/c1-4-25-18-9-13(23(2)3)5-6-14(18)15-11-21(24)22-17-12-20-19(10-16(15)17)26-7-8-27-20/h5-6,9-10,12,15H,4,7-8,11H2,1-3H3,(H,22,24). The van der Waals surface area contributed by atoms with Crippen LogP contribution in [0.15, 0.2) is 30.3 Å². The van der Waals surface area contributed by atoms with Crippen molar-refractivity contribution in [3.05, 3.63) is 41.5 Å². The number of benzene rings is 2. The lowest BCUT2D eigenvalue weighted by molar-refractivity contribution is -0.116. The van der Waals surface area contributed by atoms with Crippen LogP contribution >= 0.6 is 0 Å². The molecule has 1 N–H and O–H groups in total. The topological polar surface area (TPSA) is 60.0 Å². The maximum absolute atomic E-state index is 12.4. The second kappa shape index (κ2) is 7.02. The molecule has 6 heteroatoms. The first kappa shape index (κ1) is 17.5. The van der Waals surface area contributed by atoms with Gasteiger partial charge in [0.25, 0.3) is 0 Å². The third kappa shape index (κ3) is 3.27. The molecule has 0 aromatic heterocycles. The summed E-state index contributed by atoms with van der Waals surface area (Å²) in [5.41, 5.74) is 3.87. The van der Waals surface area contributed by atoms with E-state index in [0.29, 0.717) is 32.0 Å². The molecule has 1 unspecified atom stereocenters. The average Bonchev–Trinajstić information content (AvgIpc) is 2.66. The lowest BCUT2D eigenvalue weighted by Gasteiger charge is -2.30. The van der Waals surface area contributed by atoms with Gasteiger partial charge in [0.15, 0.2) is 11.5 Å². The first-order valence-electron chi connectivity index (χ1n) is 9.24. The lowest BCUT2D eigenvalue weighted by atomic mass is 9.84. The van der Waals surface area contributed by atoms with Crippen molar-refractivity contribution < 1.29 is 19.0 Å². The number of carbonyl (C=O) groups excluding carboxylic acids is 1. The van der Waals surface area contributed by atoms with Gasteiger partial charge in [-0.05, 0) is 24.6 Å². The molecule has 2 heterocycles. The molecule has 0 fully saturated rings. The van der Waals surface area contributed by atoms with Crippen LogP contribution in [-0.2, 0) is 4.79 Å². The number of fused-ring (bicyclic) bond motifs is 2. The van der Waals surface area contributed by atoms with Crippen LogP contribution in [0.1, 0.15) is 30.4 Å². The van der Waals surface area contributed by atoms with Crippen molar-refractivity contribution in [3.63, 3.8) is 0 Å². The number of amides is 1. The number of ether oxygens (including phenoxy) is 3. The highest BCUT2D eigenvalue weighted by atomic mass is 16.6. The van der Waals surface area contributed by atoms with E-state index < -0.39 is 0 Å². The summed E-state index contributed by atoms with van der Waals surface area (Å²) in [6.45, 7) is 3.58. The second-order valence-electron chi connectivity index (χ2n) is 6.94. The highest BCUT2D eigenvalue weighted by molar-refractivity contribution is 5.96. The summed E-state index contributed by atoms with van der Waals surface area (Å²) < 4.78 is 17.3. The van der Waals surface area contributed by atoms with Crippen LogP contribution in [0.5, 0.6) is 17.2 Å². The van der Waals surface area contributed by atoms with Gasteiger partial charge in [0.1, 0.15) is 19.0 Å². The molecule has 2 aromatic carbocycles. The molecule has 142 valence electrons. The van der Waals surface area contributed by atoms with E-state index in [1.54, 1.807) is 0 Å². The van der Waals surface area contributed by atoms with E-state index >= 15 is 0 Å². The third-order valence-electron chi connectivity index (χ3n) is 4.94. The molecular weight excluding hydrogens is 344 g/mol. The minimum atomic E-state index is -0.0951. The Morgan fingerprint density at radius 2 is 1.85 bits per heavy atom. The minimum absolute atomic E-state index is 0.0108. The SMILES string of the molecule is CCOc1cc(N(C)C)ccc1C1CC(=O)Nc2cc3c(cc21)OCCO3. The maximum Gasteiger partial charge on any atom is 0.225 e. The number of hydrogen-bond donors (Lipinski definition) is 1. The molecule has 2 aromatic rings. The number of hydrogen-bond acceptors (Lipinski definition) is 5. The van der Waals surface area contributed by atoms with Gasteiger partial charge in [-0.3, -0.25) is 4.79 Å². The van der Waals surface area contributed by atoms with Crippen LogP contribution < -0.4 is 24.4 Å². The Labute approximate surface area is 159 Å². The maximum atomic E-state index is 12.4. The number of nitrogens with zero attached hydrogens (tertiary/aromatic N) is 1. The normalized spacial score (nSPS) is 17.7. The van der Waals surface area contributed by atoms with E-state index in [9.17, 15) is 4.79 Å².